The summed E-state index contributed by atoms with van der Waals surface area (Å²) in [5, 5.41) is 10.4. The predicted octanol–water partition coefficient (Wildman–Crippen LogP) is 0.750. The summed E-state index contributed by atoms with van der Waals surface area (Å²) >= 11 is 0. The third kappa shape index (κ3) is 4.23. The number of hydrogen-bond donors (Lipinski definition) is 2. The van der Waals surface area contributed by atoms with Gasteiger partial charge in [-0.3, -0.25) is 10.1 Å². The molecule has 1 rings (SSSR count). The largest absolute Gasteiger partial charge is 0.324 e. The van der Waals surface area contributed by atoms with Crippen LogP contribution in [0.4, 0.5) is 10.1 Å². The molecule has 0 aromatic heterocycles. The minimum absolute atomic E-state index is 0.0915. The first kappa shape index (κ1) is 15.5. The summed E-state index contributed by atoms with van der Waals surface area (Å²) < 4.78 is 39.3. The van der Waals surface area contributed by atoms with E-state index < -0.39 is 36.9 Å². The topological polar surface area (TPSA) is 115 Å². The van der Waals surface area contributed by atoms with Crippen LogP contribution in [-0.4, -0.2) is 25.4 Å². The van der Waals surface area contributed by atoms with Gasteiger partial charge >= 0.3 is 0 Å². The molecule has 0 saturated heterocycles. The number of benzene rings is 1. The van der Waals surface area contributed by atoms with E-state index in [0.717, 1.165) is 12.1 Å². The van der Waals surface area contributed by atoms with Gasteiger partial charge in [0.05, 0.1) is 11.0 Å². The average Bonchev–Trinajstić information content (AvgIpc) is 2.25. The number of sulfonamides is 1. The van der Waals surface area contributed by atoms with Crippen molar-refractivity contribution in [3.63, 3.8) is 0 Å². The quantitative estimate of drug-likeness (QED) is 0.613. The Labute approximate surface area is 109 Å². The molecule has 106 valence electrons. The first-order chi connectivity index (χ1) is 8.53. The highest BCUT2D eigenvalue weighted by Gasteiger charge is 2.23. The molecule has 0 radical (unpaired) electrons. The van der Waals surface area contributed by atoms with Gasteiger partial charge in [0.25, 0.3) is 5.69 Å². The molecule has 0 bridgehead atoms. The lowest BCUT2D eigenvalue weighted by Gasteiger charge is -2.19. The maximum absolute atomic E-state index is 13.6. The Hall–Kier alpha value is -1.58. The van der Waals surface area contributed by atoms with E-state index in [2.05, 4.69) is 4.72 Å². The monoisotopic (exact) mass is 291 g/mol. The molecule has 0 spiro atoms. The lowest BCUT2D eigenvalue weighted by Crippen LogP contribution is -2.45. The highest BCUT2D eigenvalue weighted by Crippen LogP contribution is 2.20. The van der Waals surface area contributed by atoms with Crippen molar-refractivity contribution in [2.24, 2.45) is 5.73 Å². The van der Waals surface area contributed by atoms with Crippen molar-refractivity contribution >= 4 is 15.7 Å². The van der Waals surface area contributed by atoms with Gasteiger partial charge in [-0.05, 0) is 19.9 Å². The fourth-order valence-corrected chi connectivity index (χ4v) is 2.46. The van der Waals surface area contributed by atoms with Crippen LogP contribution in [0.1, 0.15) is 13.8 Å². The molecule has 1 aromatic rings. The Kier molecular flexibility index (Phi) is 4.23. The summed E-state index contributed by atoms with van der Waals surface area (Å²) in [7, 11) is -4.09. The molecule has 7 nitrogen and oxygen atoms in total. The van der Waals surface area contributed by atoms with Crippen LogP contribution in [-0.2, 0) is 10.0 Å². The Morgan fingerprint density at radius 1 is 1.47 bits per heavy atom. The molecule has 0 aliphatic rings. The van der Waals surface area contributed by atoms with E-state index in [1.165, 1.54) is 0 Å². The van der Waals surface area contributed by atoms with E-state index >= 15 is 0 Å². The smallest absolute Gasteiger partial charge is 0.272 e. The standard InChI is InChI=1S/C10H14FN3O4S/c1-10(2,12)6-13-19(17,18)9-4-3-7(14(15)16)5-8(9)11/h3-5,13H,6,12H2,1-2H3. The third-order valence-corrected chi connectivity index (χ3v) is 3.57. The molecule has 0 fully saturated rings. The number of hydrogen-bond acceptors (Lipinski definition) is 5. The summed E-state index contributed by atoms with van der Waals surface area (Å²) in [4.78, 5) is 8.97. The molecule has 0 heterocycles. The van der Waals surface area contributed by atoms with Gasteiger partial charge in [-0.15, -0.1) is 0 Å². The fourth-order valence-electron chi connectivity index (χ4n) is 1.18. The van der Waals surface area contributed by atoms with Gasteiger partial charge < -0.3 is 5.73 Å². The Bertz CT molecular complexity index is 595. The van der Waals surface area contributed by atoms with E-state index in [1.54, 1.807) is 13.8 Å². The molecule has 9 heteroatoms. The van der Waals surface area contributed by atoms with Crippen LogP contribution in [0.15, 0.2) is 23.1 Å². The van der Waals surface area contributed by atoms with Crippen molar-refractivity contribution in [3.8, 4) is 0 Å². The van der Waals surface area contributed by atoms with Gasteiger partial charge in [-0.1, -0.05) is 0 Å². The molecule has 0 aliphatic heterocycles. The van der Waals surface area contributed by atoms with E-state index in [0.29, 0.717) is 6.07 Å². The third-order valence-electron chi connectivity index (χ3n) is 2.13. The molecule has 0 saturated carbocycles. The first-order valence-corrected chi connectivity index (χ1v) is 6.74. The Morgan fingerprint density at radius 2 is 2.05 bits per heavy atom. The van der Waals surface area contributed by atoms with Crippen LogP contribution >= 0.6 is 0 Å². The van der Waals surface area contributed by atoms with Crippen molar-refractivity contribution in [3.05, 3.63) is 34.1 Å². The fraction of sp³-hybridized carbons (Fsp3) is 0.400. The molecule has 1 aromatic carbocycles. The normalized spacial score (nSPS) is 12.4. The molecule has 0 atom stereocenters. The van der Waals surface area contributed by atoms with Crippen LogP contribution in [0.2, 0.25) is 0 Å². The Morgan fingerprint density at radius 3 is 2.47 bits per heavy atom. The van der Waals surface area contributed by atoms with Crippen LogP contribution in [0.3, 0.4) is 0 Å². The molecular formula is C10H14FN3O4S. The highest BCUT2D eigenvalue weighted by atomic mass is 32.2. The minimum Gasteiger partial charge on any atom is -0.324 e. The number of nitro groups is 1. The molecule has 19 heavy (non-hydrogen) atoms. The predicted molar refractivity (Wildman–Crippen MR) is 66.5 cm³/mol. The number of nitrogens with one attached hydrogen (secondary N) is 1. The van der Waals surface area contributed by atoms with Crippen LogP contribution < -0.4 is 10.5 Å². The van der Waals surface area contributed by atoms with E-state index in [-0.39, 0.29) is 6.54 Å². The summed E-state index contributed by atoms with van der Waals surface area (Å²) in [5.74, 6) is -1.18. The van der Waals surface area contributed by atoms with Crippen molar-refractivity contribution in [1.82, 2.24) is 4.72 Å². The van der Waals surface area contributed by atoms with Crippen molar-refractivity contribution < 1.29 is 17.7 Å². The maximum Gasteiger partial charge on any atom is 0.272 e. The average molecular weight is 291 g/mol. The van der Waals surface area contributed by atoms with Crippen molar-refractivity contribution in [2.75, 3.05) is 6.54 Å². The number of halogens is 1. The van der Waals surface area contributed by atoms with E-state index in [9.17, 15) is 22.9 Å². The second-order valence-corrected chi connectivity index (χ2v) is 6.42. The van der Waals surface area contributed by atoms with Gasteiger partial charge in [0, 0.05) is 18.2 Å². The van der Waals surface area contributed by atoms with Gasteiger partial charge in [0.15, 0.2) is 0 Å². The van der Waals surface area contributed by atoms with Crippen molar-refractivity contribution in [1.29, 1.82) is 0 Å². The highest BCUT2D eigenvalue weighted by molar-refractivity contribution is 7.89. The van der Waals surface area contributed by atoms with Crippen molar-refractivity contribution in [2.45, 2.75) is 24.3 Å². The number of non-ortho nitro benzene ring substituents is 1. The zero-order valence-corrected chi connectivity index (χ0v) is 11.2. The molecular weight excluding hydrogens is 277 g/mol. The van der Waals surface area contributed by atoms with Crippen LogP contribution in [0, 0.1) is 15.9 Å². The van der Waals surface area contributed by atoms with E-state index in [4.69, 9.17) is 5.73 Å². The molecule has 3 N–H and O–H groups in total. The van der Waals surface area contributed by atoms with Gasteiger partial charge in [-0.25, -0.2) is 17.5 Å². The number of nitrogens with zero attached hydrogens (tertiary/aromatic N) is 1. The second-order valence-electron chi connectivity index (χ2n) is 4.68. The lowest BCUT2D eigenvalue weighted by atomic mass is 10.1. The van der Waals surface area contributed by atoms with Gasteiger partial charge in [0.2, 0.25) is 10.0 Å². The van der Waals surface area contributed by atoms with Gasteiger partial charge in [-0.2, -0.15) is 0 Å². The maximum atomic E-state index is 13.6. The summed E-state index contributed by atoms with van der Waals surface area (Å²) in [6, 6.07) is 2.33. The second kappa shape index (κ2) is 5.19. The first-order valence-electron chi connectivity index (χ1n) is 5.25. The summed E-state index contributed by atoms with van der Waals surface area (Å²) in [5.41, 5.74) is 4.29. The number of nitro benzene ring substituents is 1. The van der Waals surface area contributed by atoms with Gasteiger partial charge in [0.1, 0.15) is 10.7 Å². The minimum atomic E-state index is -4.09. The van der Waals surface area contributed by atoms with Crippen LogP contribution in [0.25, 0.3) is 0 Å². The summed E-state index contributed by atoms with van der Waals surface area (Å²) in [6.07, 6.45) is 0. The lowest BCUT2D eigenvalue weighted by molar-refractivity contribution is -0.385. The van der Waals surface area contributed by atoms with E-state index in [1.807, 2.05) is 0 Å². The zero-order chi connectivity index (χ0) is 14.8. The zero-order valence-electron chi connectivity index (χ0n) is 10.4. The number of nitrogens with two attached hydrogens (primary N) is 1. The molecule has 0 aliphatic carbocycles. The number of rotatable bonds is 5. The van der Waals surface area contributed by atoms with Crippen LogP contribution in [0.5, 0.6) is 0 Å². The summed E-state index contributed by atoms with van der Waals surface area (Å²) in [6.45, 7) is 3.11. The molecule has 0 amide bonds. The SMILES string of the molecule is CC(C)(N)CNS(=O)(=O)c1ccc([N+](=O)[O-])cc1F. The molecule has 0 unspecified atom stereocenters. The Balaban J connectivity index is 3.06.